The van der Waals surface area contributed by atoms with Gasteiger partial charge in [0.25, 0.3) is 11.5 Å². The maximum Gasteiger partial charge on any atom is 0.359 e. The lowest BCUT2D eigenvalue weighted by Gasteiger charge is -2.12. The summed E-state index contributed by atoms with van der Waals surface area (Å²) in [4.78, 5) is 44.9. The highest BCUT2D eigenvalue weighted by Crippen LogP contribution is 2.14. The standard InChI is InChI=1S/C19H19N5O4/c1-12-16(18(26)24(23(12)3)14-7-5-4-6-8-14)22-17(25)13(2)28-19(27)15-11-20-9-10-21-15/h4-11,13H,1-3H3,(H,22,25). The van der Waals surface area contributed by atoms with Crippen LogP contribution in [0.3, 0.4) is 0 Å². The molecule has 0 saturated heterocycles. The van der Waals surface area contributed by atoms with Crippen LogP contribution in [0, 0.1) is 6.92 Å². The van der Waals surface area contributed by atoms with Crippen LogP contribution in [0.5, 0.6) is 0 Å². The summed E-state index contributed by atoms with van der Waals surface area (Å²) in [5.41, 5.74) is 0.964. The molecule has 28 heavy (non-hydrogen) atoms. The van der Waals surface area contributed by atoms with Gasteiger partial charge in [0, 0.05) is 19.4 Å². The summed E-state index contributed by atoms with van der Waals surface area (Å²) >= 11 is 0. The second kappa shape index (κ2) is 7.87. The number of ether oxygens (including phenoxy) is 1. The average molecular weight is 381 g/mol. The van der Waals surface area contributed by atoms with E-state index in [0.29, 0.717) is 11.4 Å². The number of hydrogen-bond donors (Lipinski definition) is 1. The van der Waals surface area contributed by atoms with Crippen LogP contribution in [0.1, 0.15) is 23.1 Å². The van der Waals surface area contributed by atoms with Gasteiger partial charge in [-0.15, -0.1) is 0 Å². The Hall–Kier alpha value is -3.75. The summed E-state index contributed by atoms with van der Waals surface area (Å²) in [5.74, 6) is -1.40. The smallest absolute Gasteiger partial charge is 0.359 e. The zero-order valence-corrected chi connectivity index (χ0v) is 15.6. The van der Waals surface area contributed by atoms with E-state index in [1.165, 1.54) is 30.2 Å². The van der Waals surface area contributed by atoms with Gasteiger partial charge in [-0.3, -0.25) is 19.3 Å². The summed E-state index contributed by atoms with van der Waals surface area (Å²) in [6.07, 6.45) is 2.88. The van der Waals surface area contributed by atoms with Crippen LogP contribution in [0.2, 0.25) is 0 Å². The van der Waals surface area contributed by atoms with Crippen molar-refractivity contribution in [3.05, 3.63) is 70.7 Å². The van der Waals surface area contributed by atoms with E-state index in [-0.39, 0.29) is 16.9 Å². The molecule has 1 amide bonds. The molecule has 0 saturated carbocycles. The Bertz CT molecular complexity index is 1060. The van der Waals surface area contributed by atoms with Gasteiger partial charge in [-0.1, -0.05) is 18.2 Å². The number of hydrogen-bond acceptors (Lipinski definition) is 6. The third kappa shape index (κ3) is 3.68. The van der Waals surface area contributed by atoms with Crippen molar-refractivity contribution < 1.29 is 14.3 Å². The summed E-state index contributed by atoms with van der Waals surface area (Å²) in [7, 11) is 1.72. The molecule has 2 aromatic heterocycles. The lowest BCUT2D eigenvalue weighted by Crippen LogP contribution is -2.32. The highest BCUT2D eigenvalue weighted by Gasteiger charge is 2.24. The molecule has 1 aromatic carbocycles. The van der Waals surface area contributed by atoms with Crippen molar-refractivity contribution in [1.29, 1.82) is 0 Å². The number of aromatic nitrogens is 4. The van der Waals surface area contributed by atoms with Gasteiger partial charge in [-0.25, -0.2) is 14.5 Å². The van der Waals surface area contributed by atoms with E-state index in [2.05, 4.69) is 15.3 Å². The Morgan fingerprint density at radius 2 is 1.89 bits per heavy atom. The number of carbonyl (C=O) groups is 2. The van der Waals surface area contributed by atoms with Crippen LogP contribution in [-0.4, -0.2) is 37.3 Å². The van der Waals surface area contributed by atoms with Gasteiger partial charge in [0.1, 0.15) is 5.69 Å². The molecule has 1 unspecified atom stereocenters. The van der Waals surface area contributed by atoms with Crippen LogP contribution >= 0.6 is 0 Å². The van der Waals surface area contributed by atoms with Crippen molar-refractivity contribution in [2.45, 2.75) is 20.0 Å². The Kier molecular flexibility index (Phi) is 5.35. The molecule has 3 aromatic rings. The van der Waals surface area contributed by atoms with Crippen molar-refractivity contribution >= 4 is 17.6 Å². The van der Waals surface area contributed by atoms with E-state index >= 15 is 0 Å². The van der Waals surface area contributed by atoms with Crippen molar-refractivity contribution in [1.82, 2.24) is 19.3 Å². The molecule has 9 heteroatoms. The number of anilines is 1. The molecule has 9 nitrogen and oxygen atoms in total. The Labute approximate surface area is 160 Å². The molecule has 1 N–H and O–H groups in total. The summed E-state index contributed by atoms with van der Waals surface area (Å²) in [5, 5.41) is 2.56. The first-order valence-corrected chi connectivity index (χ1v) is 8.52. The number of amides is 1. The minimum atomic E-state index is -1.13. The molecule has 0 aliphatic carbocycles. The highest BCUT2D eigenvalue weighted by atomic mass is 16.5. The average Bonchev–Trinajstić information content (AvgIpc) is 2.92. The molecular formula is C19H19N5O4. The molecule has 0 aliphatic rings. The van der Waals surface area contributed by atoms with Gasteiger partial charge in [0.05, 0.1) is 17.6 Å². The van der Waals surface area contributed by atoms with Gasteiger partial charge in [0.15, 0.2) is 11.8 Å². The van der Waals surface area contributed by atoms with E-state index in [1.807, 2.05) is 18.2 Å². The van der Waals surface area contributed by atoms with Crippen molar-refractivity contribution in [2.24, 2.45) is 7.05 Å². The van der Waals surface area contributed by atoms with Crippen LogP contribution < -0.4 is 10.9 Å². The van der Waals surface area contributed by atoms with Gasteiger partial charge >= 0.3 is 5.97 Å². The third-order valence-corrected chi connectivity index (χ3v) is 4.23. The van der Waals surface area contributed by atoms with Crippen LogP contribution in [-0.2, 0) is 16.6 Å². The monoisotopic (exact) mass is 381 g/mol. The van der Waals surface area contributed by atoms with Crippen LogP contribution in [0.15, 0.2) is 53.7 Å². The summed E-state index contributed by atoms with van der Waals surface area (Å²) < 4.78 is 8.19. The fraction of sp³-hybridized carbons (Fsp3) is 0.211. The van der Waals surface area contributed by atoms with E-state index in [4.69, 9.17) is 4.74 Å². The second-order valence-electron chi connectivity index (χ2n) is 6.06. The van der Waals surface area contributed by atoms with Crippen molar-refractivity contribution in [2.75, 3.05) is 5.32 Å². The van der Waals surface area contributed by atoms with Crippen LogP contribution in [0.4, 0.5) is 5.69 Å². The molecule has 0 spiro atoms. The first-order chi connectivity index (χ1) is 13.4. The predicted molar refractivity (Wildman–Crippen MR) is 101 cm³/mol. The maximum absolute atomic E-state index is 12.8. The van der Waals surface area contributed by atoms with E-state index < -0.39 is 18.0 Å². The number of esters is 1. The fourth-order valence-corrected chi connectivity index (χ4v) is 2.62. The first-order valence-electron chi connectivity index (χ1n) is 8.52. The van der Waals surface area contributed by atoms with E-state index in [0.717, 1.165) is 0 Å². The van der Waals surface area contributed by atoms with Crippen LogP contribution in [0.25, 0.3) is 5.69 Å². The Balaban J connectivity index is 1.79. The molecule has 0 radical (unpaired) electrons. The van der Waals surface area contributed by atoms with Crippen molar-refractivity contribution in [3.8, 4) is 5.69 Å². The van der Waals surface area contributed by atoms with Gasteiger partial charge < -0.3 is 10.1 Å². The molecule has 0 bridgehead atoms. The zero-order valence-electron chi connectivity index (χ0n) is 15.6. The normalized spacial score (nSPS) is 11.7. The highest BCUT2D eigenvalue weighted by molar-refractivity contribution is 5.97. The lowest BCUT2D eigenvalue weighted by atomic mass is 10.3. The number of nitrogens with zero attached hydrogens (tertiary/aromatic N) is 4. The van der Waals surface area contributed by atoms with E-state index in [9.17, 15) is 14.4 Å². The number of benzene rings is 1. The first kappa shape index (κ1) is 19.0. The van der Waals surface area contributed by atoms with Crippen molar-refractivity contribution in [3.63, 3.8) is 0 Å². The molecule has 3 rings (SSSR count). The molecule has 2 heterocycles. The predicted octanol–water partition coefficient (Wildman–Crippen LogP) is 1.46. The van der Waals surface area contributed by atoms with E-state index in [1.54, 1.807) is 30.8 Å². The SMILES string of the molecule is Cc1c(NC(=O)C(C)OC(=O)c2cnccn2)c(=O)n(-c2ccccc2)n1C. The minimum Gasteiger partial charge on any atom is -0.448 e. The molecule has 0 aliphatic heterocycles. The largest absolute Gasteiger partial charge is 0.448 e. The number of para-hydroxylation sites is 1. The number of rotatable bonds is 5. The zero-order chi connectivity index (χ0) is 20.3. The number of nitrogens with one attached hydrogen (secondary N) is 1. The number of carbonyl (C=O) groups excluding carboxylic acids is 2. The fourth-order valence-electron chi connectivity index (χ4n) is 2.62. The quantitative estimate of drug-likeness (QED) is 0.671. The summed E-state index contributed by atoms with van der Waals surface area (Å²) in [6, 6.07) is 9.06. The maximum atomic E-state index is 12.8. The Morgan fingerprint density at radius 3 is 2.54 bits per heavy atom. The summed E-state index contributed by atoms with van der Waals surface area (Å²) in [6.45, 7) is 3.13. The molecular weight excluding hydrogens is 362 g/mol. The molecule has 144 valence electrons. The lowest BCUT2D eigenvalue weighted by molar-refractivity contribution is -0.123. The minimum absolute atomic E-state index is 0.00975. The Morgan fingerprint density at radius 1 is 1.18 bits per heavy atom. The second-order valence-corrected chi connectivity index (χ2v) is 6.06. The van der Waals surface area contributed by atoms with Gasteiger partial charge in [-0.2, -0.15) is 0 Å². The molecule has 1 atom stereocenters. The van der Waals surface area contributed by atoms with Gasteiger partial charge in [-0.05, 0) is 26.0 Å². The third-order valence-electron chi connectivity index (χ3n) is 4.23. The van der Waals surface area contributed by atoms with Gasteiger partial charge in [0.2, 0.25) is 0 Å². The molecule has 0 fully saturated rings. The topological polar surface area (TPSA) is 108 Å².